The lowest BCUT2D eigenvalue weighted by Gasteiger charge is -2.14. The van der Waals surface area contributed by atoms with Crippen LogP contribution in [0.1, 0.15) is 13.8 Å². The zero-order valence-corrected chi connectivity index (χ0v) is 12.8. The van der Waals surface area contributed by atoms with Gasteiger partial charge in [0.15, 0.2) is 0 Å². The third kappa shape index (κ3) is 3.49. The first-order valence-electron chi connectivity index (χ1n) is 6.91. The van der Waals surface area contributed by atoms with E-state index in [-0.39, 0.29) is 11.7 Å². The molecule has 0 spiro atoms. The fraction of sp³-hybridized carbons (Fsp3) is 0.235. The second-order valence-electron chi connectivity index (χ2n) is 4.96. The highest BCUT2D eigenvalue weighted by atomic mass is 16.3. The maximum Gasteiger partial charge on any atom is 0.240 e. The van der Waals surface area contributed by atoms with Crippen LogP contribution in [0.5, 0.6) is 0 Å². The van der Waals surface area contributed by atoms with Gasteiger partial charge in [-0.25, -0.2) is 0 Å². The van der Waals surface area contributed by atoms with Crippen molar-refractivity contribution in [1.82, 2.24) is 0 Å². The van der Waals surface area contributed by atoms with Gasteiger partial charge in [0.05, 0.1) is 6.26 Å². The number of hydrogen-bond donors (Lipinski definition) is 1. The number of carbonyl (C=O) groups is 2. The monoisotopic (exact) mass is 298 g/mol. The van der Waals surface area contributed by atoms with Crippen LogP contribution in [0.2, 0.25) is 0 Å². The number of ketones is 1. The second kappa shape index (κ2) is 6.85. The van der Waals surface area contributed by atoms with Crippen molar-refractivity contribution < 1.29 is 14.0 Å². The number of aliphatic imine (C=N–C) groups is 1. The molecule has 0 aliphatic carbocycles. The number of benzene rings is 1. The number of rotatable bonds is 5. The van der Waals surface area contributed by atoms with Crippen LogP contribution >= 0.6 is 0 Å². The molecule has 1 atom stereocenters. The summed E-state index contributed by atoms with van der Waals surface area (Å²) < 4.78 is 5.33. The molecule has 2 rings (SSSR count). The van der Waals surface area contributed by atoms with E-state index in [2.05, 4.69) is 10.3 Å². The molecule has 0 saturated heterocycles. The summed E-state index contributed by atoms with van der Waals surface area (Å²) in [5.74, 6) is -0.766. The van der Waals surface area contributed by atoms with Crippen LogP contribution in [0, 0.1) is 5.92 Å². The van der Waals surface area contributed by atoms with Crippen molar-refractivity contribution in [3.8, 4) is 11.3 Å². The molecule has 1 aromatic carbocycles. The predicted molar refractivity (Wildman–Crippen MR) is 86.0 cm³/mol. The van der Waals surface area contributed by atoms with Crippen LogP contribution in [0.4, 0.5) is 5.69 Å². The standard InChI is InChI=1S/C17H18N2O3/c1-11(18-3)16(12(2)20)17(21)19-14-7-4-6-13(10-14)15-8-5-9-22-15/h4-10,16H,1-3H3,(H,19,21). The molecule has 5 heteroatoms. The van der Waals surface area contributed by atoms with E-state index in [4.69, 9.17) is 4.42 Å². The van der Waals surface area contributed by atoms with Gasteiger partial charge in [-0.3, -0.25) is 14.6 Å². The number of furan rings is 1. The summed E-state index contributed by atoms with van der Waals surface area (Å²) in [6.45, 7) is 3.06. The molecule has 0 saturated carbocycles. The molecule has 0 fully saturated rings. The van der Waals surface area contributed by atoms with Gasteiger partial charge >= 0.3 is 0 Å². The first kappa shape index (κ1) is 15.7. The Labute approximate surface area is 129 Å². The minimum Gasteiger partial charge on any atom is -0.464 e. The Morgan fingerprint density at radius 2 is 1.95 bits per heavy atom. The smallest absolute Gasteiger partial charge is 0.240 e. The van der Waals surface area contributed by atoms with Crippen molar-refractivity contribution >= 4 is 23.1 Å². The van der Waals surface area contributed by atoms with Crippen LogP contribution < -0.4 is 5.32 Å². The average Bonchev–Trinajstić information content (AvgIpc) is 3.01. The number of nitrogens with zero attached hydrogens (tertiary/aromatic N) is 1. The topological polar surface area (TPSA) is 71.7 Å². The Kier molecular flexibility index (Phi) is 4.88. The van der Waals surface area contributed by atoms with Gasteiger partial charge < -0.3 is 9.73 Å². The molecule has 1 unspecified atom stereocenters. The zero-order valence-electron chi connectivity index (χ0n) is 12.8. The second-order valence-corrected chi connectivity index (χ2v) is 4.96. The fourth-order valence-electron chi connectivity index (χ4n) is 2.21. The zero-order chi connectivity index (χ0) is 16.1. The minimum atomic E-state index is -0.864. The molecule has 2 aromatic rings. The van der Waals surface area contributed by atoms with E-state index >= 15 is 0 Å². The van der Waals surface area contributed by atoms with Crippen LogP contribution in [0.25, 0.3) is 11.3 Å². The molecule has 0 aliphatic heterocycles. The van der Waals surface area contributed by atoms with Crippen molar-refractivity contribution in [3.63, 3.8) is 0 Å². The summed E-state index contributed by atoms with van der Waals surface area (Å²) in [6, 6.07) is 10.9. The lowest BCUT2D eigenvalue weighted by atomic mass is 9.99. The normalized spacial score (nSPS) is 12.8. The SMILES string of the molecule is CN=C(C)C(C(C)=O)C(=O)Nc1cccc(-c2ccco2)c1. The van der Waals surface area contributed by atoms with Gasteiger partial charge in [0.25, 0.3) is 0 Å². The summed E-state index contributed by atoms with van der Waals surface area (Å²) in [5, 5.41) is 2.76. The van der Waals surface area contributed by atoms with E-state index in [1.54, 1.807) is 38.4 Å². The van der Waals surface area contributed by atoms with Gasteiger partial charge in [0.2, 0.25) is 5.91 Å². The van der Waals surface area contributed by atoms with Crippen LogP contribution in [0.3, 0.4) is 0 Å². The number of amides is 1. The molecule has 0 bridgehead atoms. The molecular weight excluding hydrogens is 280 g/mol. The maximum atomic E-state index is 12.3. The Morgan fingerprint density at radius 1 is 1.18 bits per heavy atom. The number of hydrogen-bond acceptors (Lipinski definition) is 4. The molecular formula is C17H18N2O3. The first-order valence-corrected chi connectivity index (χ1v) is 6.91. The van der Waals surface area contributed by atoms with Gasteiger partial charge in [-0.15, -0.1) is 0 Å². The Morgan fingerprint density at radius 3 is 2.55 bits per heavy atom. The van der Waals surface area contributed by atoms with Gasteiger partial charge in [0.1, 0.15) is 17.5 Å². The third-order valence-corrected chi connectivity index (χ3v) is 3.37. The van der Waals surface area contributed by atoms with E-state index in [1.165, 1.54) is 6.92 Å². The summed E-state index contributed by atoms with van der Waals surface area (Å²) >= 11 is 0. The van der Waals surface area contributed by atoms with Gasteiger partial charge in [-0.05, 0) is 38.1 Å². The van der Waals surface area contributed by atoms with Crippen molar-refractivity contribution in [2.24, 2.45) is 10.9 Å². The van der Waals surface area contributed by atoms with Gasteiger partial charge in [-0.2, -0.15) is 0 Å². The summed E-state index contributed by atoms with van der Waals surface area (Å²) in [5.41, 5.74) is 1.95. The predicted octanol–water partition coefficient (Wildman–Crippen LogP) is 3.18. The van der Waals surface area contributed by atoms with Crippen molar-refractivity contribution in [3.05, 3.63) is 42.7 Å². The van der Waals surface area contributed by atoms with Crippen LogP contribution in [0.15, 0.2) is 52.1 Å². The third-order valence-electron chi connectivity index (χ3n) is 3.37. The number of carbonyl (C=O) groups excluding carboxylic acids is 2. The van der Waals surface area contributed by atoms with E-state index < -0.39 is 5.92 Å². The number of Topliss-reactive ketones (excluding diaryl/α,β-unsaturated/α-hetero) is 1. The van der Waals surface area contributed by atoms with Crippen LogP contribution in [-0.4, -0.2) is 24.4 Å². The van der Waals surface area contributed by atoms with E-state index in [0.717, 1.165) is 5.56 Å². The quantitative estimate of drug-likeness (QED) is 0.680. The Hall–Kier alpha value is -2.69. The van der Waals surface area contributed by atoms with Crippen molar-refractivity contribution in [2.75, 3.05) is 12.4 Å². The van der Waals surface area contributed by atoms with E-state index in [1.807, 2.05) is 18.2 Å². The van der Waals surface area contributed by atoms with E-state index in [9.17, 15) is 9.59 Å². The summed E-state index contributed by atoms with van der Waals surface area (Å²) in [4.78, 5) is 27.9. The van der Waals surface area contributed by atoms with Gasteiger partial charge in [0, 0.05) is 24.0 Å². The highest BCUT2D eigenvalue weighted by Gasteiger charge is 2.26. The summed E-state index contributed by atoms with van der Waals surface area (Å²) in [7, 11) is 1.57. The molecule has 1 amide bonds. The molecule has 0 radical (unpaired) electrons. The largest absolute Gasteiger partial charge is 0.464 e. The first-order chi connectivity index (χ1) is 10.5. The van der Waals surface area contributed by atoms with Gasteiger partial charge in [-0.1, -0.05) is 12.1 Å². The minimum absolute atomic E-state index is 0.234. The molecule has 0 aliphatic rings. The average molecular weight is 298 g/mol. The van der Waals surface area contributed by atoms with Crippen LogP contribution in [-0.2, 0) is 9.59 Å². The highest BCUT2D eigenvalue weighted by Crippen LogP contribution is 2.23. The fourth-order valence-corrected chi connectivity index (χ4v) is 2.21. The highest BCUT2D eigenvalue weighted by molar-refractivity contribution is 6.22. The molecule has 22 heavy (non-hydrogen) atoms. The maximum absolute atomic E-state index is 12.3. The molecule has 114 valence electrons. The lowest BCUT2D eigenvalue weighted by Crippen LogP contribution is -2.33. The molecule has 1 aromatic heterocycles. The molecule has 1 heterocycles. The number of nitrogens with one attached hydrogen (secondary N) is 1. The molecule has 1 N–H and O–H groups in total. The molecule has 5 nitrogen and oxygen atoms in total. The van der Waals surface area contributed by atoms with E-state index in [0.29, 0.717) is 17.2 Å². The lowest BCUT2D eigenvalue weighted by molar-refractivity contribution is -0.127. The Bertz CT molecular complexity index is 702. The van der Waals surface area contributed by atoms with Crippen molar-refractivity contribution in [2.45, 2.75) is 13.8 Å². The summed E-state index contributed by atoms with van der Waals surface area (Å²) in [6.07, 6.45) is 1.59. The Balaban J connectivity index is 2.21. The van der Waals surface area contributed by atoms with Crippen molar-refractivity contribution in [1.29, 1.82) is 0 Å². The number of anilines is 1.